The SMILES string of the molecule is Cc1cncc([C@@H]2CCCN(C(=O)CCc3ccnn3C)C2)n1. The fourth-order valence-electron chi connectivity index (χ4n) is 3.16. The van der Waals surface area contributed by atoms with E-state index in [0.717, 1.165) is 49.4 Å². The van der Waals surface area contributed by atoms with Crippen LogP contribution >= 0.6 is 0 Å². The molecule has 0 N–H and O–H groups in total. The van der Waals surface area contributed by atoms with E-state index < -0.39 is 0 Å². The summed E-state index contributed by atoms with van der Waals surface area (Å²) in [5.41, 5.74) is 3.03. The summed E-state index contributed by atoms with van der Waals surface area (Å²) in [7, 11) is 1.91. The largest absolute Gasteiger partial charge is 0.342 e. The van der Waals surface area contributed by atoms with E-state index in [1.54, 1.807) is 12.4 Å². The molecule has 1 saturated heterocycles. The number of aromatic nitrogens is 4. The summed E-state index contributed by atoms with van der Waals surface area (Å²) in [6.45, 7) is 3.55. The predicted octanol–water partition coefficient (Wildman–Crippen LogP) is 1.86. The van der Waals surface area contributed by atoms with Gasteiger partial charge in [0.05, 0.1) is 11.4 Å². The highest BCUT2D eigenvalue weighted by atomic mass is 16.2. The van der Waals surface area contributed by atoms with E-state index in [1.807, 2.05) is 35.8 Å². The zero-order valence-electron chi connectivity index (χ0n) is 13.8. The van der Waals surface area contributed by atoms with Gasteiger partial charge in [0.15, 0.2) is 0 Å². The van der Waals surface area contributed by atoms with E-state index in [2.05, 4.69) is 15.1 Å². The molecule has 0 spiro atoms. The van der Waals surface area contributed by atoms with Gasteiger partial charge in [-0.25, -0.2) is 0 Å². The Morgan fingerprint density at radius 1 is 1.39 bits per heavy atom. The van der Waals surface area contributed by atoms with Crippen molar-refractivity contribution in [3.05, 3.63) is 41.7 Å². The molecule has 6 nitrogen and oxygen atoms in total. The first-order valence-corrected chi connectivity index (χ1v) is 8.16. The summed E-state index contributed by atoms with van der Waals surface area (Å²) in [5, 5.41) is 4.14. The van der Waals surface area contributed by atoms with Crippen LogP contribution in [0.5, 0.6) is 0 Å². The molecular weight excluding hydrogens is 290 g/mol. The maximum Gasteiger partial charge on any atom is 0.222 e. The lowest BCUT2D eigenvalue weighted by Gasteiger charge is -2.32. The molecule has 3 heterocycles. The molecule has 0 bridgehead atoms. The maximum absolute atomic E-state index is 12.5. The lowest BCUT2D eigenvalue weighted by atomic mass is 9.94. The van der Waals surface area contributed by atoms with Crippen molar-refractivity contribution in [2.75, 3.05) is 13.1 Å². The Labute approximate surface area is 136 Å². The Morgan fingerprint density at radius 3 is 3.00 bits per heavy atom. The normalized spacial score (nSPS) is 18.2. The average Bonchev–Trinajstić information content (AvgIpc) is 2.98. The van der Waals surface area contributed by atoms with Gasteiger partial charge < -0.3 is 4.90 Å². The van der Waals surface area contributed by atoms with Gasteiger partial charge in [-0.1, -0.05) is 0 Å². The van der Waals surface area contributed by atoms with E-state index in [9.17, 15) is 4.79 Å². The summed E-state index contributed by atoms with van der Waals surface area (Å²) in [5.74, 6) is 0.522. The van der Waals surface area contributed by atoms with E-state index in [0.29, 0.717) is 12.3 Å². The van der Waals surface area contributed by atoms with Crippen LogP contribution in [-0.2, 0) is 18.3 Å². The molecule has 1 aliphatic rings. The predicted molar refractivity (Wildman–Crippen MR) is 86.9 cm³/mol. The van der Waals surface area contributed by atoms with Gasteiger partial charge in [0, 0.05) is 56.8 Å². The molecular formula is C17H23N5O. The number of carbonyl (C=O) groups is 1. The molecule has 2 aromatic rings. The standard InChI is InChI=1S/C17H23N5O/c1-13-10-18-11-16(20-13)14-4-3-9-22(12-14)17(23)6-5-15-7-8-19-21(15)2/h7-8,10-11,14H,3-6,9,12H2,1-2H3/t14-/m1/s1. The van der Waals surface area contributed by atoms with Crippen LogP contribution in [0.1, 0.15) is 42.3 Å². The van der Waals surface area contributed by atoms with E-state index in [-0.39, 0.29) is 5.91 Å². The first kappa shape index (κ1) is 15.6. The zero-order chi connectivity index (χ0) is 16.2. The minimum Gasteiger partial charge on any atom is -0.342 e. The van der Waals surface area contributed by atoms with Crippen molar-refractivity contribution in [1.82, 2.24) is 24.6 Å². The highest BCUT2D eigenvalue weighted by molar-refractivity contribution is 5.76. The van der Waals surface area contributed by atoms with Gasteiger partial charge >= 0.3 is 0 Å². The van der Waals surface area contributed by atoms with Gasteiger partial charge in [-0.3, -0.25) is 19.4 Å². The van der Waals surface area contributed by atoms with Gasteiger partial charge in [-0.15, -0.1) is 0 Å². The fraction of sp³-hybridized carbons (Fsp3) is 0.529. The second-order valence-electron chi connectivity index (χ2n) is 6.21. The molecule has 2 aromatic heterocycles. The van der Waals surface area contributed by atoms with Crippen LogP contribution in [0.4, 0.5) is 0 Å². The molecule has 3 rings (SSSR count). The highest BCUT2D eigenvalue weighted by Crippen LogP contribution is 2.25. The minimum absolute atomic E-state index is 0.219. The van der Waals surface area contributed by atoms with Crippen molar-refractivity contribution < 1.29 is 4.79 Å². The number of piperidine rings is 1. The smallest absolute Gasteiger partial charge is 0.222 e. The number of rotatable bonds is 4. The molecule has 0 radical (unpaired) electrons. The number of aryl methyl sites for hydroxylation is 3. The van der Waals surface area contributed by atoms with Crippen LogP contribution in [0.15, 0.2) is 24.7 Å². The molecule has 23 heavy (non-hydrogen) atoms. The zero-order valence-corrected chi connectivity index (χ0v) is 13.8. The first-order valence-electron chi connectivity index (χ1n) is 8.16. The number of carbonyl (C=O) groups excluding carboxylic acids is 1. The molecule has 0 saturated carbocycles. The lowest BCUT2D eigenvalue weighted by molar-refractivity contribution is -0.132. The van der Waals surface area contributed by atoms with Gasteiger partial charge in [0.25, 0.3) is 0 Å². The summed E-state index contributed by atoms with van der Waals surface area (Å²) in [6, 6.07) is 1.97. The number of amides is 1. The number of hydrogen-bond donors (Lipinski definition) is 0. The lowest BCUT2D eigenvalue weighted by Crippen LogP contribution is -2.39. The third kappa shape index (κ3) is 3.75. The van der Waals surface area contributed by atoms with Gasteiger partial charge in [0.1, 0.15) is 0 Å². The van der Waals surface area contributed by atoms with Crippen molar-refractivity contribution in [3.8, 4) is 0 Å². The van der Waals surface area contributed by atoms with Crippen molar-refractivity contribution >= 4 is 5.91 Å². The van der Waals surface area contributed by atoms with Crippen molar-refractivity contribution in [3.63, 3.8) is 0 Å². The monoisotopic (exact) mass is 313 g/mol. The maximum atomic E-state index is 12.5. The van der Waals surface area contributed by atoms with Gasteiger partial charge in [0.2, 0.25) is 5.91 Å². The number of likely N-dealkylation sites (tertiary alicyclic amines) is 1. The topological polar surface area (TPSA) is 63.9 Å². The van der Waals surface area contributed by atoms with Crippen molar-refractivity contribution in [2.45, 2.75) is 38.5 Å². The third-order valence-electron chi connectivity index (χ3n) is 4.48. The van der Waals surface area contributed by atoms with Crippen molar-refractivity contribution in [2.24, 2.45) is 7.05 Å². The highest BCUT2D eigenvalue weighted by Gasteiger charge is 2.25. The number of nitrogens with zero attached hydrogens (tertiary/aromatic N) is 5. The van der Waals surface area contributed by atoms with E-state index >= 15 is 0 Å². The Hall–Kier alpha value is -2.24. The summed E-state index contributed by atoms with van der Waals surface area (Å²) in [6.07, 6.45) is 8.74. The van der Waals surface area contributed by atoms with Crippen LogP contribution in [0.3, 0.4) is 0 Å². The summed E-state index contributed by atoms with van der Waals surface area (Å²) in [4.78, 5) is 23.3. The minimum atomic E-state index is 0.219. The summed E-state index contributed by atoms with van der Waals surface area (Å²) < 4.78 is 1.83. The average molecular weight is 313 g/mol. The summed E-state index contributed by atoms with van der Waals surface area (Å²) >= 11 is 0. The third-order valence-corrected chi connectivity index (χ3v) is 4.48. The molecule has 1 atom stereocenters. The molecule has 1 aliphatic heterocycles. The molecule has 1 fully saturated rings. The van der Waals surface area contributed by atoms with Crippen LogP contribution in [0, 0.1) is 6.92 Å². The molecule has 0 unspecified atom stereocenters. The van der Waals surface area contributed by atoms with Gasteiger partial charge in [-0.05, 0) is 32.3 Å². The molecule has 122 valence electrons. The Bertz CT molecular complexity index is 681. The van der Waals surface area contributed by atoms with E-state index in [1.165, 1.54) is 0 Å². The number of hydrogen-bond acceptors (Lipinski definition) is 4. The molecule has 0 aliphatic carbocycles. The Morgan fingerprint density at radius 2 is 2.26 bits per heavy atom. The van der Waals surface area contributed by atoms with Crippen LogP contribution in [0.25, 0.3) is 0 Å². The van der Waals surface area contributed by atoms with E-state index in [4.69, 9.17) is 0 Å². The Balaban J connectivity index is 1.59. The second-order valence-corrected chi connectivity index (χ2v) is 6.21. The van der Waals surface area contributed by atoms with Gasteiger partial charge in [-0.2, -0.15) is 5.10 Å². The fourth-order valence-corrected chi connectivity index (χ4v) is 3.16. The molecule has 6 heteroatoms. The second kappa shape index (κ2) is 6.89. The quantitative estimate of drug-likeness (QED) is 0.864. The van der Waals surface area contributed by atoms with Crippen LogP contribution in [-0.4, -0.2) is 43.6 Å². The first-order chi connectivity index (χ1) is 11.1. The van der Waals surface area contributed by atoms with Crippen molar-refractivity contribution in [1.29, 1.82) is 0 Å². The van der Waals surface area contributed by atoms with Crippen LogP contribution < -0.4 is 0 Å². The molecule has 1 amide bonds. The van der Waals surface area contributed by atoms with Crippen LogP contribution in [0.2, 0.25) is 0 Å². The Kier molecular flexibility index (Phi) is 4.69. The molecule has 0 aromatic carbocycles.